The molecule has 0 amide bonds. The Morgan fingerprint density at radius 2 is 2.13 bits per heavy atom. The summed E-state index contributed by atoms with van der Waals surface area (Å²) in [6.07, 6.45) is 7.63. The van der Waals surface area contributed by atoms with E-state index in [0.717, 1.165) is 35.1 Å². The molecule has 1 aliphatic rings. The van der Waals surface area contributed by atoms with Crippen molar-refractivity contribution >= 4 is 17.5 Å². The van der Waals surface area contributed by atoms with E-state index >= 15 is 0 Å². The predicted octanol–water partition coefficient (Wildman–Crippen LogP) is 3.85. The smallest absolute Gasteiger partial charge is 0.208 e. The minimum atomic E-state index is 0.120. The van der Waals surface area contributed by atoms with Crippen LogP contribution in [0.4, 0.5) is 0 Å². The Balaban J connectivity index is 1.48. The number of hydrogen-bond donors (Lipinski definition) is 2. The summed E-state index contributed by atoms with van der Waals surface area (Å²) in [6, 6.07) is 1.91. The summed E-state index contributed by atoms with van der Waals surface area (Å²) in [6.45, 7) is 3.89. The molecule has 0 saturated heterocycles. The van der Waals surface area contributed by atoms with E-state index in [9.17, 15) is 4.79 Å². The monoisotopic (exact) mass is 332 g/mol. The number of thioether (sulfide) groups is 1. The zero-order valence-electron chi connectivity index (χ0n) is 13.8. The van der Waals surface area contributed by atoms with Gasteiger partial charge in [-0.25, -0.2) is 4.98 Å². The molecule has 2 aromatic rings. The minimum Gasteiger partial charge on any atom is -0.362 e. The number of aryl methyl sites for hydroxylation is 3. The normalized spacial score (nSPS) is 15.4. The Morgan fingerprint density at radius 1 is 1.35 bits per heavy atom. The van der Waals surface area contributed by atoms with Crippen LogP contribution in [0.5, 0.6) is 0 Å². The lowest BCUT2D eigenvalue weighted by molar-refractivity contribution is 0.102. The van der Waals surface area contributed by atoms with Gasteiger partial charge in [-0.05, 0) is 32.3 Å². The lowest BCUT2D eigenvalue weighted by Crippen LogP contribution is -2.03. The first-order valence-corrected chi connectivity index (χ1v) is 9.34. The number of nitrogens with zero attached hydrogens (tertiary/aromatic N) is 2. The summed E-state index contributed by atoms with van der Waals surface area (Å²) in [7, 11) is 0. The van der Waals surface area contributed by atoms with Crippen molar-refractivity contribution in [2.75, 3.05) is 5.75 Å². The number of H-pyrrole nitrogens is 2. The van der Waals surface area contributed by atoms with Gasteiger partial charge < -0.3 is 4.98 Å². The number of aromatic nitrogens is 4. The van der Waals surface area contributed by atoms with Crippen LogP contribution in [-0.4, -0.2) is 31.7 Å². The molecule has 0 aliphatic heterocycles. The van der Waals surface area contributed by atoms with Gasteiger partial charge in [0.25, 0.3) is 0 Å². The zero-order valence-corrected chi connectivity index (χ0v) is 14.6. The third-order valence-electron chi connectivity index (χ3n) is 4.56. The number of nitrogens with one attached hydrogen (secondary N) is 2. The van der Waals surface area contributed by atoms with Crippen molar-refractivity contribution in [1.29, 1.82) is 0 Å². The second-order valence-corrected chi connectivity index (χ2v) is 7.40. The van der Waals surface area contributed by atoms with Crippen molar-refractivity contribution < 1.29 is 4.79 Å². The quantitative estimate of drug-likeness (QED) is 0.596. The Labute approximate surface area is 141 Å². The highest BCUT2D eigenvalue weighted by Gasteiger charge is 2.16. The van der Waals surface area contributed by atoms with Gasteiger partial charge in [-0.15, -0.1) is 5.10 Å². The van der Waals surface area contributed by atoms with Gasteiger partial charge in [0.05, 0.1) is 5.75 Å². The van der Waals surface area contributed by atoms with Crippen molar-refractivity contribution in [3.05, 3.63) is 28.8 Å². The minimum absolute atomic E-state index is 0.120. The Hall–Kier alpha value is -1.56. The standard InChI is InChI=1S/C17H24N4OS/c1-11-9-14(12(2)18-11)15(22)10-23-17-19-16(20-21-17)8-7-13-5-3-4-6-13/h9,13,18H,3-8,10H2,1-2H3,(H,19,20,21). The van der Waals surface area contributed by atoms with Gasteiger partial charge in [0, 0.05) is 23.4 Å². The van der Waals surface area contributed by atoms with E-state index in [-0.39, 0.29) is 5.78 Å². The second-order valence-electron chi connectivity index (χ2n) is 6.46. The first kappa shape index (κ1) is 16.3. The fourth-order valence-electron chi connectivity index (χ4n) is 3.32. The maximum Gasteiger partial charge on any atom is 0.208 e. The fourth-order valence-corrected chi connectivity index (χ4v) is 4.02. The van der Waals surface area contributed by atoms with Gasteiger partial charge in [0.2, 0.25) is 5.16 Å². The van der Waals surface area contributed by atoms with Crippen LogP contribution in [-0.2, 0) is 6.42 Å². The summed E-state index contributed by atoms with van der Waals surface area (Å²) in [5, 5.41) is 7.90. The highest BCUT2D eigenvalue weighted by Crippen LogP contribution is 2.28. The maximum atomic E-state index is 12.3. The molecule has 124 valence electrons. The molecular formula is C17H24N4OS. The second kappa shape index (κ2) is 7.34. The van der Waals surface area contributed by atoms with Gasteiger partial charge in [-0.1, -0.05) is 37.4 Å². The van der Waals surface area contributed by atoms with Gasteiger partial charge in [0.15, 0.2) is 5.78 Å². The Kier molecular flexibility index (Phi) is 5.20. The molecule has 1 fully saturated rings. The van der Waals surface area contributed by atoms with Crippen molar-refractivity contribution in [1.82, 2.24) is 20.2 Å². The number of aromatic amines is 2. The van der Waals surface area contributed by atoms with Crippen LogP contribution < -0.4 is 0 Å². The number of carbonyl (C=O) groups excluding carboxylic acids is 1. The van der Waals surface area contributed by atoms with Crippen LogP contribution in [0.1, 0.15) is 59.7 Å². The van der Waals surface area contributed by atoms with Crippen LogP contribution in [0, 0.1) is 19.8 Å². The molecule has 0 aromatic carbocycles. The third-order valence-corrected chi connectivity index (χ3v) is 5.40. The van der Waals surface area contributed by atoms with E-state index in [1.54, 1.807) is 0 Å². The lowest BCUT2D eigenvalue weighted by Gasteiger charge is -2.05. The molecule has 2 N–H and O–H groups in total. The topological polar surface area (TPSA) is 74.4 Å². The zero-order chi connectivity index (χ0) is 16.2. The SMILES string of the molecule is Cc1cc(C(=O)CSc2n[nH]c(CCC3CCCC3)n2)c(C)[nH]1. The molecule has 23 heavy (non-hydrogen) atoms. The molecule has 2 heterocycles. The summed E-state index contributed by atoms with van der Waals surface area (Å²) < 4.78 is 0. The highest BCUT2D eigenvalue weighted by molar-refractivity contribution is 7.99. The summed E-state index contributed by atoms with van der Waals surface area (Å²) in [4.78, 5) is 19.9. The molecule has 0 bridgehead atoms. The summed E-state index contributed by atoms with van der Waals surface area (Å²) in [5.74, 6) is 2.30. The van der Waals surface area contributed by atoms with E-state index in [4.69, 9.17) is 0 Å². The van der Waals surface area contributed by atoms with Gasteiger partial charge >= 0.3 is 0 Å². The van der Waals surface area contributed by atoms with Crippen LogP contribution in [0.2, 0.25) is 0 Å². The van der Waals surface area contributed by atoms with E-state index in [0.29, 0.717) is 10.9 Å². The van der Waals surface area contributed by atoms with Gasteiger partial charge in [-0.2, -0.15) is 0 Å². The molecule has 0 spiro atoms. The van der Waals surface area contributed by atoms with E-state index in [2.05, 4.69) is 20.2 Å². The summed E-state index contributed by atoms with van der Waals surface area (Å²) in [5.41, 5.74) is 2.72. The molecule has 1 saturated carbocycles. The molecule has 6 heteroatoms. The van der Waals surface area contributed by atoms with Crippen LogP contribution >= 0.6 is 11.8 Å². The van der Waals surface area contributed by atoms with Crippen molar-refractivity contribution in [2.24, 2.45) is 5.92 Å². The summed E-state index contributed by atoms with van der Waals surface area (Å²) >= 11 is 1.40. The number of rotatable bonds is 7. The van der Waals surface area contributed by atoms with Gasteiger partial charge in [-0.3, -0.25) is 9.89 Å². The molecule has 0 atom stereocenters. The number of carbonyl (C=O) groups is 1. The molecular weight excluding hydrogens is 308 g/mol. The van der Waals surface area contributed by atoms with Crippen molar-refractivity contribution in [3.8, 4) is 0 Å². The van der Waals surface area contributed by atoms with E-state index in [1.165, 1.54) is 43.9 Å². The predicted molar refractivity (Wildman–Crippen MR) is 92.0 cm³/mol. The molecule has 0 radical (unpaired) electrons. The van der Waals surface area contributed by atoms with E-state index < -0.39 is 0 Å². The Morgan fingerprint density at radius 3 is 2.83 bits per heavy atom. The molecule has 2 aromatic heterocycles. The molecule has 1 aliphatic carbocycles. The largest absolute Gasteiger partial charge is 0.362 e. The maximum absolute atomic E-state index is 12.3. The lowest BCUT2D eigenvalue weighted by atomic mass is 10.0. The van der Waals surface area contributed by atoms with Gasteiger partial charge in [0.1, 0.15) is 5.82 Å². The molecule has 3 rings (SSSR count). The number of hydrogen-bond acceptors (Lipinski definition) is 4. The van der Waals surface area contributed by atoms with E-state index in [1.807, 2.05) is 19.9 Å². The first-order valence-electron chi connectivity index (χ1n) is 8.35. The average molecular weight is 332 g/mol. The van der Waals surface area contributed by atoms with Crippen LogP contribution in [0.3, 0.4) is 0 Å². The molecule has 0 unspecified atom stereocenters. The Bertz CT molecular complexity index is 670. The van der Waals surface area contributed by atoms with Crippen molar-refractivity contribution in [3.63, 3.8) is 0 Å². The van der Waals surface area contributed by atoms with Crippen LogP contribution in [0.25, 0.3) is 0 Å². The highest BCUT2D eigenvalue weighted by atomic mass is 32.2. The third kappa shape index (κ3) is 4.25. The van der Waals surface area contributed by atoms with Crippen LogP contribution in [0.15, 0.2) is 11.2 Å². The average Bonchev–Trinajstić information content (AvgIpc) is 3.24. The van der Waals surface area contributed by atoms with Crippen molar-refractivity contribution in [2.45, 2.75) is 57.5 Å². The first-order chi connectivity index (χ1) is 11.1. The molecule has 5 nitrogen and oxygen atoms in total. The number of ketones is 1. The number of Topliss-reactive ketones (excluding diaryl/α,β-unsaturated/α-hetero) is 1. The fraction of sp³-hybridized carbons (Fsp3) is 0.588.